The van der Waals surface area contributed by atoms with Crippen molar-refractivity contribution in [3.63, 3.8) is 0 Å². The van der Waals surface area contributed by atoms with Crippen LogP contribution in [-0.4, -0.2) is 6.04 Å². The van der Waals surface area contributed by atoms with Gasteiger partial charge in [0.2, 0.25) is 0 Å². The van der Waals surface area contributed by atoms with E-state index in [9.17, 15) is 0 Å². The molecule has 1 atom stereocenters. The molecule has 0 spiro atoms. The number of hydrogen-bond donors (Lipinski definition) is 2. The quantitative estimate of drug-likeness (QED) is 0.346. The molecule has 0 bridgehead atoms. The number of hydrogen-bond acceptors (Lipinski definition) is 2. The Balaban J connectivity index is 1.94. The highest BCUT2D eigenvalue weighted by Gasteiger charge is 2.24. The first-order valence-corrected chi connectivity index (χ1v) is 5.83. The standard InChI is InChI=1S/C11H24N2/c1-2-3-4-5-6-11(13-12)9-10-7-8-10/h10-11,13H,2-9,12H2,1H3. The number of rotatable bonds is 8. The van der Waals surface area contributed by atoms with E-state index in [0.717, 1.165) is 5.92 Å². The Labute approximate surface area is 82.2 Å². The summed E-state index contributed by atoms with van der Waals surface area (Å²) in [6, 6.07) is 0.587. The van der Waals surface area contributed by atoms with Gasteiger partial charge in [-0.3, -0.25) is 11.3 Å². The van der Waals surface area contributed by atoms with Crippen LogP contribution >= 0.6 is 0 Å². The first-order valence-electron chi connectivity index (χ1n) is 5.83. The highest BCUT2D eigenvalue weighted by Crippen LogP contribution is 2.34. The van der Waals surface area contributed by atoms with Gasteiger partial charge in [0.05, 0.1) is 0 Å². The molecule has 1 saturated carbocycles. The van der Waals surface area contributed by atoms with Crippen LogP contribution in [-0.2, 0) is 0 Å². The molecule has 2 nitrogen and oxygen atoms in total. The molecule has 0 aromatic carbocycles. The first-order chi connectivity index (χ1) is 6.36. The maximum atomic E-state index is 5.51. The van der Waals surface area contributed by atoms with Crippen LogP contribution in [0.5, 0.6) is 0 Å². The predicted molar refractivity (Wildman–Crippen MR) is 57.2 cm³/mol. The fraction of sp³-hybridized carbons (Fsp3) is 1.00. The lowest BCUT2D eigenvalue weighted by Crippen LogP contribution is -2.35. The second-order valence-corrected chi connectivity index (χ2v) is 4.39. The lowest BCUT2D eigenvalue weighted by molar-refractivity contribution is 0.422. The van der Waals surface area contributed by atoms with Crippen molar-refractivity contribution in [1.82, 2.24) is 5.43 Å². The van der Waals surface area contributed by atoms with Crippen LogP contribution in [0.4, 0.5) is 0 Å². The third-order valence-electron chi connectivity index (χ3n) is 2.96. The van der Waals surface area contributed by atoms with Crippen LogP contribution in [0.1, 0.15) is 58.3 Å². The molecule has 0 aliphatic heterocycles. The predicted octanol–water partition coefficient (Wildman–Crippen LogP) is 2.59. The van der Waals surface area contributed by atoms with E-state index in [4.69, 9.17) is 5.84 Å². The van der Waals surface area contributed by atoms with E-state index in [2.05, 4.69) is 12.3 Å². The van der Waals surface area contributed by atoms with Gasteiger partial charge in [0.25, 0.3) is 0 Å². The van der Waals surface area contributed by atoms with E-state index in [-0.39, 0.29) is 0 Å². The Morgan fingerprint density at radius 3 is 2.62 bits per heavy atom. The van der Waals surface area contributed by atoms with Crippen molar-refractivity contribution in [3.8, 4) is 0 Å². The minimum Gasteiger partial charge on any atom is -0.271 e. The van der Waals surface area contributed by atoms with Crippen molar-refractivity contribution in [2.24, 2.45) is 11.8 Å². The molecule has 1 unspecified atom stereocenters. The van der Waals surface area contributed by atoms with Crippen molar-refractivity contribution in [1.29, 1.82) is 0 Å². The molecule has 0 radical (unpaired) electrons. The minimum absolute atomic E-state index is 0.587. The van der Waals surface area contributed by atoms with Crippen LogP contribution < -0.4 is 11.3 Å². The van der Waals surface area contributed by atoms with Crippen LogP contribution in [0.3, 0.4) is 0 Å². The van der Waals surface area contributed by atoms with Crippen molar-refractivity contribution < 1.29 is 0 Å². The summed E-state index contributed by atoms with van der Waals surface area (Å²) in [6.45, 7) is 2.25. The summed E-state index contributed by atoms with van der Waals surface area (Å²) in [5.74, 6) is 6.51. The first kappa shape index (κ1) is 11.0. The molecule has 0 saturated heterocycles. The van der Waals surface area contributed by atoms with Gasteiger partial charge in [-0.2, -0.15) is 0 Å². The fourth-order valence-corrected chi connectivity index (χ4v) is 1.84. The maximum Gasteiger partial charge on any atom is 0.0213 e. The summed E-state index contributed by atoms with van der Waals surface area (Å²) in [7, 11) is 0. The Morgan fingerprint density at radius 2 is 2.08 bits per heavy atom. The largest absolute Gasteiger partial charge is 0.271 e. The molecular formula is C11H24N2. The third kappa shape index (κ3) is 5.27. The van der Waals surface area contributed by atoms with Crippen LogP contribution in [0.25, 0.3) is 0 Å². The lowest BCUT2D eigenvalue weighted by atomic mass is 10.0. The Bertz CT molecular complexity index is 121. The Morgan fingerprint density at radius 1 is 1.31 bits per heavy atom. The van der Waals surface area contributed by atoms with E-state index >= 15 is 0 Å². The van der Waals surface area contributed by atoms with Gasteiger partial charge < -0.3 is 0 Å². The van der Waals surface area contributed by atoms with E-state index in [0.29, 0.717) is 6.04 Å². The molecule has 2 heteroatoms. The maximum absolute atomic E-state index is 5.51. The number of unbranched alkanes of at least 4 members (excludes halogenated alkanes) is 3. The molecule has 0 heterocycles. The molecule has 1 aliphatic rings. The molecule has 13 heavy (non-hydrogen) atoms. The average molecular weight is 184 g/mol. The Kier molecular flexibility index (Phi) is 5.40. The molecule has 0 amide bonds. The summed E-state index contributed by atoms with van der Waals surface area (Å²) in [6.07, 6.45) is 10.9. The van der Waals surface area contributed by atoms with Gasteiger partial charge in [0.1, 0.15) is 0 Å². The summed E-state index contributed by atoms with van der Waals surface area (Å²) < 4.78 is 0. The third-order valence-corrected chi connectivity index (χ3v) is 2.96. The van der Waals surface area contributed by atoms with Gasteiger partial charge >= 0.3 is 0 Å². The summed E-state index contributed by atoms with van der Waals surface area (Å²) in [5, 5.41) is 0. The SMILES string of the molecule is CCCCCCC(CC1CC1)NN. The molecule has 1 aliphatic carbocycles. The molecule has 1 fully saturated rings. The monoisotopic (exact) mass is 184 g/mol. The van der Waals surface area contributed by atoms with E-state index in [1.807, 2.05) is 0 Å². The Hall–Kier alpha value is -0.0800. The van der Waals surface area contributed by atoms with Crippen LogP contribution in [0, 0.1) is 5.92 Å². The van der Waals surface area contributed by atoms with Gasteiger partial charge in [0, 0.05) is 6.04 Å². The van der Waals surface area contributed by atoms with E-state index in [1.54, 1.807) is 0 Å². The second kappa shape index (κ2) is 6.39. The molecule has 1 rings (SSSR count). The van der Waals surface area contributed by atoms with Gasteiger partial charge in [0.15, 0.2) is 0 Å². The second-order valence-electron chi connectivity index (χ2n) is 4.39. The van der Waals surface area contributed by atoms with Gasteiger partial charge in [-0.05, 0) is 18.8 Å². The average Bonchev–Trinajstić information content (AvgIpc) is 2.94. The number of nitrogens with one attached hydrogen (secondary N) is 1. The van der Waals surface area contributed by atoms with E-state index < -0.39 is 0 Å². The van der Waals surface area contributed by atoms with Crippen molar-refractivity contribution in [3.05, 3.63) is 0 Å². The molecule has 78 valence electrons. The van der Waals surface area contributed by atoms with Gasteiger partial charge in [-0.15, -0.1) is 0 Å². The summed E-state index contributed by atoms with van der Waals surface area (Å²) in [4.78, 5) is 0. The summed E-state index contributed by atoms with van der Waals surface area (Å²) >= 11 is 0. The van der Waals surface area contributed by atoms with Crippen LogP contribution in [0.2, 0.25) is 0 Å². The molecule has 0 aromatic rings. The smallest absolute Gasteiger partial charge is 0.0213 e. The van der Waals surface area contributed by atoms with Gasteiger partial charge in [-0.1, -0.05) is 45.4 Å². The topological polar surface area (TPSA) is 38.0 Å². The zero-order valence-corrected chi connectivity index (χ0v) is 8.89. The zero-order chi connectivity index (χ0) is 9.52. The molecule has 0 aromatic heterocycles. The highest BCUT2D eigenvalue weighted by atomic mass is 15.2. The number of hydrazine groups is 1. The molecule has 3 N–H and O–H groups in total. The minimum atomic E-state index is 0.587. The van der Waals surface area contributed by atoms with E-state index in [1.165, 1.54) is 51.4 Å². The summed E-state index contributed by atoms with van der Waals surface area (Å²) in [5.41, 5.74) is 2.95. The normalized spacial score (nSPS) is 18.9. The van der Waals surface area contributed by atoms with Crippen molar-refractivity contribution >= 4 is 0 Å². The lowest BCUT2D eigenvalue weighted by Gasteiger charge is -2.14. The van der Waals surface area contributed by atoms with Crippen molar-refractivity contribution in [2.75, 3.05) is 0 Å². The van der Waals surface area contributed by atoms with Gasteiger partial charge in [-0.25, -0.2) is 0 Å². The zero-order valence-electron chi connectivity index (χ0n) is 8.89. The highest BCUT2D eigenvalue weighted by molar-refractivity contribution is 4.79. The van der Waals surface area contributed by atoms with Crippen LogP contribution in [0.15, 0.2) is 0 Å². The van der Waals surface area contributed by atoms with Crippen molar-refractivity contribution in [2.45, 2.75) is 64.3 Å². The fourth-order valence-electron chi connectivity index (χ4n) is 1.84. The molecular weight excluding hydrogens is 160 g/mol. The number of nitrogens with two attached hydrogens (primary N) is 1.